The van der Waals surface area contributed by atoms with Crippen molar-refractivity contribution >= 4 is 11.2 Å². The van der Waals surface area contributed by atoms with Gasteiger partial charge in [0.25, 0.3) is 0 Å². The molecule has 62 valence electrons. The predicted octanol–water partition coefficient (Wildman–Crippen LogP) is 2.83. The molecule has 0 spiro atoms. The summed E-state index contributed by atoms with van der Waals surface area (Å²) in [6.45, 7) is 6.24. The maximum atomic E-state index is 5.43. The summed E-state index contributed by atoms with van der Waals surface area (Å²) in [6, 6.07) is 5.71. The third-order valence-electron chi connectivity index (χ3n) is 1.62. The Bertz CT molecular complexity index is 386. The summed E-state index contributed by atoms with van der Waals surface area (Å²) in [4.78, 5) is 0. The van der Waals surface area contributed by atoms with Crippen LogP contribution in [0.2, 0.25) is 0 Å². The molecular formula is C10H10O2. The molecule has 0 aliphatic heterocycles. The van der Waals surface area contributed by atoms with Crippen molar-refractivity contribution in [3.05, 3.63) is 30.4 Å². The fraction of sp³-hybridized carbons (Fsp3) is 0.200. The fourth-order valence-corrected chi connectivity index (χ4v) is 1.08. The third-order valence-corrected chi connectivity index (χ3v) is 1.62. The van der Waals surface area contributed by atoms with Gasteiger partial charge in [0.15, 0.2) is 11.3 Å². The van der Waals surface area contributed by atoms with Crippen LogP contribution < -0.4 is 4.74 Å². The van der Waals surface area contributed by atoms with Crippen molar-refractivity contribution in [2.24, 2.45) is 0 Å². The molecule has 2 nitrogen and oxygen atoms in total. The van der Waals surface area contributed by atoms with Crippen molar-refractivity contribution in [1.29, 1.82) is 0 Å². The second-order valence-corrected chi connectivity index (χ2v) is 2.96. The highest BCUT2D eigenvalue weighted by Crippen LogP contribution is 2.28. The Morgan fingerprint density at radius 3 is 2.92 bits per heavy atom. The quantitative estimate of drug-likeness (QED) is 0.647. The average molecular weight is 162 g/mol. The van der Waals surface area contributed by atoms with E-state index in [0.717, 1.165) is 22.5 Å². The number of hydrogen-bond donors (Lipinski definition) is 0. The van der Waals surface area contributed by atoms with Gasteiger partial charge in [0.2, 0.25) is 0 Å². The number of furan rings is 2. The zero-order chi connectivity index (χ0) is 8.55. The van der Waals surface area contributed by atoms with Crippen LogP contribution in [0.3, 0.4) is 0 Å². The van der Waals surface area contributed by atoms with Crippen LogP contribution in [0.5, 0.6) is 5.75 Å². The van der Waals surface area contributed by atoms with Crippen molar-refractivity contribution < 1.29 is 9.15 Å². The van der Waals surface area contributed by atoms with Crippen molar-refractivity contribution in [3.8, 4) is 5.75 Å². The molecule has 2 heteroatoms. The van der Waals surface area contributed by atoms with Gasteiger partial charge >= 0.3 is 0 Å². The Kier molecular flexibility index (Phi) is 1.54. The lowest BCUT2D eigenvalue weighted by Gasteiger charge is -2.01. The first kappa shape index (κ1) is 7.22. The molecule has 0 fully saturated rings. The highest BCUT2D eigenvalue weighted by Gasteiger charge is 2.06. The van der Waals surface area contributed by atoms with Crippen LogP contribution in [-0.2, 0) is 0 Å². The summed E-state index contributed by atoms with van der Waals surface area (Å²) in [6.07, 6.45) is 0. The normalized spacial score (nSPS) is 10.8. The molecule has 0 saturated heterocycles. The van der Waals surface area contributed by atoms with Gasteiger partial charge in [0.1, 0.15) is 12.2 Å². The zero-order valence-corrected chi connectivity index (χ0v) is 6.96. The molecule has 2 aromatic heterocycles. The molecule has 2 aromatic rings. The van der Waals surface area contributed by atoms with Crippen LogP contribution in [0, 0.1) is 0 Å². The van der Waals surface area contributed by atoms with Crippen molar-refractivity contribution in [2.75, 3.05) is 6.61 Å². The molecule has 0 saturated carbocycles. The van der Waals surface area contributed by atoms with Gasteiger partial charge in [-0.15, -0.1) is 0 Å². The minimum absolute atomic E-state index is 0.555. The van der Waals surface area contributed by atoms with E-state index in [1.807, 2.05) is 25.1 Å². The molecule has 0 aliphatic rings. The average Bonchev–Trinajstić information content (AvgIpc) is 2.60. The highest BCUT2D eigenvalue weighted by molar-refractivity contribution is 5.69. The van der Waals surface area contributed by atoms with Gasteiger partial charge in [-0.25, -0.2) is 0 Å². The van der Waals surface area contributed by atoms with Gasteiger partial charge in [0.05, 0.1) is 0 Å². The van der Waals surface area contributed by atoms with E-state index >= 15 is 0 Å². The van der Waals surface area contributed by atoms with Crippen LogP contribution in [0.4, 0.5) is 0 Å². The standard InChI is InChI=1S/C10H10O2/c1-7(2)6-11-10-5-8-3-4-9(10)12-8/h3-5H,1,6H2,2H3. The monoisotopic (exact) mass is 162 g/mol. The Morgan fingerprint density at radius 1 is 1.58 bits per heavy atom. The Hall–Kier alpha value is -1.44. The molecule has 2 bridgehead atoms. The summed E-state index contributed by atoms with van der Waals surface area (Å²) < 4.78 is 10.7. The van der Waals surface area contributed by atoms with E-state index in [1.165, 1.54) is 0 Å². The first-order valence-corrected chi connectivity index (χ1v) is 3.85. The van der Waals surface area contributed by atoms with Crippen LogP contribution in [0.1, 0.15) is 6.92 Å². The molecule has 0 amide bonds. The number of ether oxygens (including phenoxy) is 1. The maximum absolute atomic E-state index is 5.43. The van der Waals surface area contributed by atoms with Crippen LogP contribution >= 0.6 is 0 Å². The lowest BCUT2D eigenvalue weighted by Crippen LogP contribution is -1.96. The van der Waals surface area contributed by atoms with E-state index < -0.39 is 0 Å². The molecule has 2 rings (SSSR count). The van der Waals surface area contributed by atoms with Crippen LogP contribution in [0.25, 0.3) is 11.2 Å². The number of rotatable bonds is 3. The molecule has 0 N–H and O–H groups in total. The first-order chi connectivity index (χ1) is 5.75. The van der Waals surface area contributed by atoms with E-state index in [9.17, 15) is 0 Å². The minimum atomic E-state index is 0.555. The third kappa shape index (κ3) is 1.16. The molecule has 0 aromatic carbocycles. The van der Waals surface area contributed by atoms with E-state index in [0.29, 0.717) is 6.61 Å². The number of fused-ring (bicyclic) bond motifs is 2. The molecule has 0 unspecified atom stereocenters. The van der Waals surface area contributed by atoms with E-state index in [2.05, 4.69) is 6.58 Å². The molecule has 12 heavy (non-hydrogen) atoms. The highest BCUT2D eigenvalue weighted by atomic mass is 16.5. The molecule has 2 heterocycles. The SMILES string of the molecule is C=C(C)COc1cc2ccc1o2. The first-order valence-electron chi connectivity index (χ1n) is 3.85. The summed E-state index contributed by atoms with van der Waals surface area (Å²) in [5, 5.41) is 0. The Balaban J connectivity index is 2.14. The van der Waals surface area contributed by atoms with Crippen LogP contribution in [0.15, 0.2) is 34.8 Å². The van der Waals surface area contributed by atoms with Gasteiger partial charge in [-0.05, 0) is 24.6 Å². The van der Waals surface area contributed by atoms with Gasteiger partial charge in [0, 0.05) is 6.07 Å². The molecular weight excluding hydrogens is 152 g/mol. The topological polar surface area (TPSA) is 22.4 Å². The summed E-state index contributed by atoms with van der Waals surface area (Å²) in [5.74, 6) is 0.815. The van der Waals surface area contributed by atoms with Crippen molar-refractivity contribution in [3.63, 3.8) is 0 Å². The van der Waals surface area contributed by atoms with Gasteiger partial charge in [-0.1, -0.05) is 6.58 Å². The number of benzene rings is 1. The largest absolute Gasteiger partial charge is 0.485 e. The van der Waals surface area contributed by atoms with E-state index in [-0.39, 0.29) is 0 Å². The second kappa shape index (κ2) is 2.55. The Labute approximate surface area is 70.8 Å². The minimum Gasteiger partial charge on any atom is -0.485 e. The molecule has 0 atom stereocenters. The maximum Gasteiger partial charge on any atom is 0.169 e. The van der Waals surface area contributed by atoms with Gasteiger partial charge in [-0.3, -0.25) is 0 Å². The van der Waals surface area contributed by atoms with Crippen molar-refractivity contribution in [2.45, 2.75) is 6.92 Å². The summed E-state index contributed by atoms with van der Waals surface area (Å²) in [5.41, 5.74) is 2.68. The second-order valence-electron chi connectivity index (χ2n) is 2.96. The zero-order valence-electron chi connectivity index (χ0n) is 6.96. The summed E-state index contributed by atoms with van der Waals surface area (Å²) in [7, 11) is 0. The van der Waals surface area contributed by atoms with Crippen LogP contribution in [-0.4, -0.2) is 6.61 Å². The summed E-state index contributed by atoms with van der Waals surface area (Å²) >= 11 is 0. The van der Waals surface area contributed by atoms with Crippen molar-refractivity contribution in [1.82, 2.24) is 0 Å². The van der Waals surface area contributed by atoms with E-state index in [1.54, 1.807) is 0 Å². The van der Waals surface area contributed by atoms with Gasteiger partial charge < -0.3 is 9.15 Å². The Morgan fingerprint density at radius 2 is 2.42 bits per heavy atom. The number of hydrogen-bond acceptors (Lipinski definition) is 2. The predicted molar refractivity (Wildman–Crippen MR) is 47.7 cm³/mol. The smallest absolute Gasteiger partial charge is 0.169 e. The lowest BCUT2D eigenvalue weighted by molar-refractivity contribution is 0.355. The lowest BCUT2D eigenvalue weighted by atomic mass is 10.3. The van der Waals surface area contributed by atoms with Gasteiger partial charge in [-0.2, -0.15) is 0 Å². The van der Waals surface area contributed by atoms with E-state index in [4.69, 9.17) is 9.15 Å². The molecule has 0 aliphatic carbocycles. The fourth-order valence-electron chi connectivity index (χ4n) is 1.08. The molecule has 0 radical (unpaired) electrons.